The topological polar surface area (TPSA) is 99.1 Å². The number of hydrogen-bond acceptors (Lipinski definition) is 6. The molecule has 0 saturated heterocycles. The number of nitrogens with zero attached hydrogens (tertiary/aromatic N) is 1. The van der Waals surface area contributed by atoms with E-state index in [0.717, 1.165) is 57.8 Å². The Bertz CT molecular complexity index is 1210. The average molecular weight is 885 g/mol. The second-order valence-electron chi connectivity index (χ2n) is 18.4. The summed E-state index contributed by atoms with van der Waals surface area (Å²) in [6.45, 7) is 4.68. The standard InChI is InChI=1S/C55H97NO7/c1-6-8-10-12-14-16-18-20-22-24-26-27-28-30-32-34-36-38-40-42-44-46-54(58)63-51(49-61-48-47-52(55(59)60)56(3,4)5)50-62-53(57)45-43-41-39-37-35-33-31-29-25-23-21-19-17-15-13-11-9-7-2/h14,16,20,22,26-27,30,32,36,38,51-52H,6-13,15,17-19,21,23-25,28-29,31,33-35,37,39-50H2,1-5H3/p+1/b16-14+,22-20+,27-26+,32-30+,38-36+. The number of carboxylic acid groups (broad SMARTS) is 1. The number of quaternary nitrogens is 1. The molecule has 0 aliphatic carbocycles. The second-order valence-corrected chi connectivity index (χ2v) is 18.4. The normalized spacial score (nSPS) is 13.3. The predicted molar refractivity (Wildman–Crippen MR) is 266 cm³/mol. The maximum atomic E-state index is 12.8. The number of esters is 2. The van der Waals surface area contributed by atoms with E-state index < -0.39 is 18.1 Å². The van der Waals surface area contributed by atoms with E-state index in [-0.39, 0.29) is 42.7 Å². The largest absolute Gasteiger partial charge is 0.477 e. The van der Waals surface area contributed by atoms with Gasteiger partial charge in [-0.05, 0) is 64.2 Å². The zero-order valence-electron chi connectivity index (χ0n) is 41.5. The van der Waals surface area contributed by atoms with Crippen molar-refractivity contribution in [1.29, 1.82) is 0 Å². The highest BCUT2D eigenvalue weighted by molar-refractivity contribution is 5.72. The summed E-state index contributed by atoms with van der Waals surface area (Å²) in [5, 5.41) is 9.65. The Kier molecular flexibility index (Phi) is 43.4. The minimum atomic E-state index is -0.882. The van der Waals surface area contributed by atoms with E-state index in [1.165, 1.54) is 122 Å². The van der Waals surface area contributed by atoms with E-state index in [4.69, 9.17) is 14.2 Å². The number of unbranched alkanes of at least 4 members (excludes halogenated alkanes) is 22. The van der Waals surface area contributed by atoms with E-state index in [2.05, 4.69) is 74.6 Å². The molecule has 0 spiro atoms. The molecule has 364 valence electrons. The van der Waals surface area contributed by atoms with E-state index in [1.54, 1.807) is 0 Å². The summed E-state index contributed by atoms with van der Waals surface area (Å²) in [5.74, 6) is -1.52. The Morgan fingerprint density at radius 3 is 1.27 bits per heavy atom. The second kappa shape index (κ2) is 45.6. The van der Waals surface area contributed by atoms with Gasteiger partial charge in [0.2, 0.25) is 0 Å². The maximum Gasteiger partial charge on any atom is 0.362 e. The van der Waals surface area contributed by atoms with Crippen molar-refractivity contribution >= 4 is 17.9 Å². The lowest BCUT2D eigenvalue weighted by atomic mass is 10.0. The minimum absolute atomic E-state index is 0.0436. The van der Waals surface area contributed by atoms with E-state index in [9.17, 15) is 19.5 Å². The average Bonchev–Trinajstić information content (AvgIpc) is 3.24. The number of aliphatic carboxylic acids is 1. The van der Waals surface area contributed by atoms with Crippen LogP contribution in [0, 0.1) is 0 Å². The number of carbonyl (C=O) groups excluding carboxylic acids is 2. The van der Waals surface area contributed by atoms with Gasteiger partial charge in [0.25, 0.3) is 0 Å². The molecular formula is C55H98NO7+. The lowest BCUT2D eigenvalue weighted by Gasteiger charge is -2.31. The Hall–Kier alpha value is -2.97. The monoisotopic (exact) mass is 885 g/mol. The summed E-state index contributed by atoms with van der Waals surface area (Å²) in [6, 6.07) is -0.624. The highest BCUT2D eigenvalue weighted by Gasteiger charge is 2.31. The van der Waals surface area contributed by atoms with Gasteiger partial charge >= 0.3 is 17.9 Å². The van der Waals surface area contributed by atoms with Crippen molar-refractivity contribution in [2.45, 2.75) is 231 Å². The Morgan fingerprint density at radius 1 is 0.476 bits per heavy atom. The first kappa shape index (κ1) is 60.0. The van der Waals surface area contributed by atoms with Gasteiger partial charge in [0, 0.05) is 19.3 Å². The lowest BCUT2D eigenvalue weighted by molar-refractivity contribution is -0.887. The fraction of sp³-hybridized carbons (Fsp3) is 0.764. The third kappa shape index (κ3) is 44.0. The van der Waals surface area contributed by atoms with Crippen LogP contribution in [0.5, 0.6) is 0 Å². The SMILES string of the molecule is CCCCC/C=C/C/C=C/C/C=C/C/C=C/C/C=C/CCCCC(=O)OC(COCCC(C(=O)O)[N+](C)(C)C)COC(=O)CCCCCCCCCCCCCCCCCCCC. The summed E-state index contributed by atoms with van der Waals surface area (Å²) in [5.41, 5.74) is 0. The van der Waals surface area contributed by atoms with Gasteiger partial charge in [-0.3, -0.25) is 9.59 Å². The molecule has 0 saturated carbocycles. The number of allylic oxidation sites excluding steroid dienone is 10. The molecule has 8 nitrogen and oxygen atoms in total. The molecule has 2 atom stereocenters. The Balaban J connectivity index is 4.33. The molecule has 0 heterocycles. The van der Waals surface area contributed by atoms with Gasteiger partial charge in [0.05, 0.1) is 34.4 Å². The summed E-state index contributed by atoms with van der Waals surface area (Å²) < 4.78 is 17.3. The van der Waals surface area contributed by atoms with Crippen molar-refractivity contribution in [2.24, 2.45) is 0 Å². The quantitative estimate of drug-likeness (QED) is 0.0281. The minimum Gasteiger partial charge on any atom is -0.477 e. The highest BCUT2D eigenvalue weighted by Crippen LogP contribution is 2.16. The van der Waals surface area contributed by atoms with Crippen LogP contribution in [0.25, 0.3) is 0 Å². The zero-order valence-corrected chi connectivity index (χ0v) is 41.5. The van der Waals surface area contributed by atoms with E-state index in [1.807, 2.05) is 21.1 Å². The number of hydrogen-bond donors (Lipinski definition) is 1. The van der Waals surface area contributed by atoms with Crippen molar-refractivity contribution < 1.29 is 38.2 Å². The van der Waals surface area contributed by atoms with Gasteiger partial charge in [0.1, 0.15) is 6.61 Å². The maximum absolute atomic E-state index is 12.8. The summed E-state index contributed by atoms with van der Waals surface area (Å²) in [7, 11) is 5.52. The fourth-order valence-corrected chi connectivity index (χ4v) is 7.41. The molecule has 0 aliphatic heterocycles. The first-order chi connectivity index (χ1) is 30.6. The lowest BCUT2D eigenvalue weighted by Crippen LogP contribution is -2.50. The van der Waals surface area contributed by atoms with Crippen molar-refractivity contribution in [2.75, 3.05) is 41.0 Å². The third-order valence-electron chi connectivity index (χ3n) is 11.4. The van der Waals surface area contributed by atoms with Crippen molar-refractivity contribution in [3.05, 3.63) is 60.8 Å². The van der Waals surface area contributed by atoms with Crippen LogP contribution in [0.4, 0.5) is 0 Å². The fourth-order valence-electron chi connectivity index (χ4n) is 7.41. The van der Waals surface area contributed by atoms with Crippen LogP contribution in [0.1, 0.15) is 219 Å². The van der Waals surface area contributed by atoms with Crippen LogP contribution in [0.2, 0.25) is 0 Å². The van der Waals surface area contributed by atoms with Gasteiger partial charge in [-0.1, -0.05) is 197 Å². The van der Waals surface area contributed by atoms with Gasteiger partial charge in [-0.2, -0.15) is 0 Å². The predicted octanol–water partition coefficient (Wildman–Crippen LogP) is 14.9. The highest BCUT2D eigenvalue weighted by atomic mass is 16.6. The molecule has 63 heavy (non-hydrogen) atoms. The first-order valence-corrected chi connectivity index (χ1v) is 25.8. The zero-order chi connectivity index (χ0) is 46.3. The molecule has 2 unspecified atom stereocenters. The summed E-state index contributed by atoms with van der Waals surface area (Å²) in [4.78, 5) is 37.1. The van der Waals surface area contributed by atoms with E-state index >= 15 is 0 Å². The summed E-state index contributed by atoms with van der Waals surface area (Å²) >= 11 is 0. The first-order valence-electron chi connectivity index (χ1n) is 25.8. The number of rotatable bonds is 46. The van der Waals surface area contributed by atoms with Crippen LogP contribution in [0.15, 0.2) is 60.8 Å². The van der Waals surface area contributed by atoms with Crippen LogP contribution < -0.4 is 0 Å². The molecule has 8 heteroatoms. The van der Waals surface area contributed by atoms with Crippen molar-refractivity contribution in [3.8, 4) is 0 Å². The molecule has 0 aliphatic rings. The molecule has 0 rings (SSSR count). The summed E-state index contributed by atoms with van der Waals surface area (Å²) in [6.07, 6.45) is 57.0. The number of likely N-dealkylation sites (N-methyl/N-ethyl adjacent to an activating group) is 1. The van der Waals surface area contributed by atoms with Crippen molar-refractivity contribution in [3.63, 3.8) is 0 Å². The van der Waals surface area contributed by atoms with Crippen LogP contribution in [0.3, 0.4) is 0 Å². The molecular weight excluding hydrogens is 787 g/mol. The van der Waals surface area contributed by atoms with Gasteiger partial charge in [0.15, 0.2) is 12.1 Å². The van der Waals surface area contributed by atoms with Crippen LogP contribution in [-0.4, -0.2) is 80.6 Å². The molecule has 0 aromatic rings. The smallest absolute Gasteiger partial charge is 0.362 e. The Labute approximate surface area is 388 Å². The van der Waals surface area contributed by atoms with E-state index in [0.29, 0.717) is 19.3 Å². The molecule has 0 radical (unpaired) electrons. The number of carbonyl (C=O) groups is 3. The van der Waals surface area contributed by atoms with Crippen molar-refractivity contribution in [1.82, 2.24) is 0 Å². The molecule has 0 aromatic carbocycles. The number of ether oxygens (including phenoxy) is 3. The molecule has 1 N–H and O–H groups in total. The molecule has 0 fully saturated rings. The van der Waals surface area contributed by atoms with Gasteiger partial charge in [-0.25, -0.2) is 4.79 Å². The van der Waals surface area contributed by atoms with Crippen LogP contribution in [-0.2, 0) is 28.6 Å². The molecule has 0 amide bonds. The van der Waals surface area contributed by atoms with Crippen LogP contribution >= 0.6 is 0 Å². The van der Waals surface area contributed by atoms with Gasteiger partial charge < -0.3 is 23.8 Å². The molecule has 0 aromatic heterocycles. The number of carboxylic acids is 1. The molecule has 0 bridgehead atoms. The third-order valence-corrected chi connectivity index (χ3v) is 11.4. The van der Waals surface area contributed by atoms with Gasteiger partial charge in [-0.15, -0.1) is 0 Å². The Morgan fingerprint density at radius 2 is 0.841 bits per heavy atom.